The average Bonchev–Trinajstić information content (AvgIpc) is 3.85. The number of benzene rings is 1. The van der Waals surface area contributed by atoms with Gasteiger partial charge in [-0.05, 0) is 43.2 Å². The summed E-state index contributed by atoms with van der Waals surface area (Å²) in [6.07, 6.45) is 3.90. The molecule has 3 unspecified atom stereocenters. The Balaban J connectivity index is 1.02. The zero-order chi connectivity index (χ0) is 26.0. The Morgan fingerprint density at radius 1 is 0.974 bits per heavy atom. The van der Waals surface area contributed by atoms with Crippen LogP contribution in [0.1, 0.15) is 46.9 Å². The Labute approximate surface area is 221 Å². The van der Waals surface area contributed by atoms with Crippen LogP contribution in [0.25, 0.3) is 0 Å². The molecular weight excluding hydrogens is 486 g/mol. The number of aliphatic hydroxyl groups excluding tert-OH is 1. The van der Waals surface area contributed by atoms with Gasteiger partial charge in [0.05, 0.1) is 0 Å². The van der Waals surface area contributed by atoms with Gasteiger partial charge in [-0.15, -0.1) is 0 Å². The van der Waals surface area contributed by atoms with Crippen LogP contribution in [0.3, 0.4) is 0 Å². The molecule has 2 aliphatic heterocycles. The van der Waals surface area contributed by atoms with Gasteiger partial charge < -0.3 is 24.5 Å². The van der Waals surface area contributed by atoms with Gasteiger partial charge in [0, 0.05) is 62.4 Å². The van der Waals surface area contributed by atoms with Gasteiger partial charge in [0.2, 0.25) is 11.8 Å². The first-order valence-electron chi connectivity index (χ1n) is 13.8. The Hall–Kier alpha value is -3.40. The lowest BCUT2D eigenvalue weighted by Gasteiger charge is -2.34. The van der Waals surface area contributed by atoms with E-state index in [1.54, 1.807) is 14.5 Å². The number of likely N-dealkylation sites (tertiary alicyclic amines) is 1. The molecule has 3 aliphatic carbocycles. The number of hydrogen-bond donors (Lipinski definition) is 1. The Morgan fingerprint density at radius 2 is 1.74 bits per heavy atom. The molecule has 2 aromatic rings. The molecule has 4 fully saturated rings. The molecule has 200 valence electrons. The maximum Gasteiger partial charge on any atom is 0.274 e. The van der Waals surface area contributed by atoms with E-state index in [4.69, 9.17) is 14.9 Å². The number of para-hydroxylation sites is 1. The number of hydrogen-bond acceptors (Lipinski definition) is 6. The van der Waals surface area contributed by atoms with Crippen LogP contribution in [0.5, 0.6) is 5.75 Å². The highest BCUT2D eigenvalue weighted by atomic mass is 16.5. The fourth-order valence-electron chi connectivity index (χ4n) is 6.84. The number of aliphatic hydroxyl groups is 1. The minimum Gasteiger partial charge on any atom is -0.490 e. The fourth-order valence-corrected chi connectivity index (χ4v) is 6.84. The van der Waals surface area contributed by atoms with Crippen molar-refractivity contribution in [3.8, 4) is 5.75 Å². The second-order valence-corrected chi connectivity index (χ2v) is 11.3. The quantitative estimate of drug-likeness (QED) is 0.607. The zero-order valence-electron chi connectivity index (χ0n) is 21.4. The van der Waals surface area contributed by atoms with Crippen LogP contribution in [0.15, 0.2) is 30.3 Å². The lowest BCUT2D eigenvalue weighted by molar-refractivity contribution is -0.135. The van der Waals surface area contributed by atoms with E-state index in [0.29, 0.717) is 56.2 Å². The SMILES string of the molecule is O=C(CO)N1CCN(C(=O)c2nn(CC(=O)N3CCC(Oc4ccccc4)C4CC43)c3c2[C@@H]2C[C@@H]2C3)CC1. The Kier molecular flexibility index (Phi) is 5.68. The number of fused-ring (bicyclic) bond motifs is 4. The van der Waals surface area contributed by atoms with E-state index in [0.717, 1.165) is 42.7 Å². The van der Waals surface area contributed by atoms with Crippen molar-refractivity contribution >= 4 is 17.7 Å². The smallest absolute Gasteiger partial charge is 0.274 e. The van der Waals surface area contributed by atoms with E-state index in [9.17, 15) is 14.4 Å². The van der Waals surface area contributed by atoms with Crippen LogP contribution in [0, 0.1) is 11.8 Å². The van der Waals surface area contributed by atoms with E-state index >= 15 is 0 Å². The summed E-state index contributed by atoms with van der Waals surface area (Å²) in [4.78, 5) is 44.1. The molecule has 1 aromatic heterocycles. The molecule has 5 aliphatic rings. The van der Waals surface area contributed by atoms with Crippen molar-refractivity contribution in [2.24, 2.45) is 11.8 Å². The number of ether oxygens (including phenoxy) is 1. The minimum atomic E-state index is -0.512. The predicted molar refractivity (Wildman–Crippen MR) is 135 cm³/mol. The monoisotopic (exact) mass is 519 g/mol. The summed E-state index contributed by atoms with van der Waals surface area (Å²) >= 11 is 0. The number of carbonyl (C=O) groups is 3. The Morgan fingerprint density at radius 3 is 2.50 bits per heavy atom. The Bertz CT molecular complexity index is 1270. The molecule has 1 aromatic carbocycles. The molecule has 2 saturated heterocycles. The molecule has 2 saturated carbocycles. The second kappa shape index (κ2) is 9.11. The summed E-state index contributed by atoms with van der Waals surface area (Å²) in [5.74, 6) is 1.84. The first kappa shape index (κ1) is 23.7. The normalized spacial score (nSPS) is 28.9. The van der Waals surface area contributed by atoms with Gasteiger partial charge in [0.25, 0.3) is 5.91 Å². The molecule has 10 nitrogen and oxygen atoms in total. The van der Waals surface area contributed by atoms with Gasteiger partial charge in [0.15, 0.2) is 5.69 Å². The van der Waals surface area contributed by atoms with Crippen molar-refractivity contribution in [2.75, 3.05) is 39.3 Å². The van der Waals surface area contributed by atoms with Crippen LogP contribution >= 0.6 is 0 Å². The number of piperidine rings is 1. The minimum absolute atomic E-state index is 0.0664. The fraction of sp³-hybridized carbons (Fsp3) is 0.571. The molecule has 0 radical (unpaired) electrons. The summed E-state index contributed by atoms with van der Waals surface area (Å²) < 4.78 is 8.01. The maximum absolute atomic E-state index is 13.5. The van der Waals surface area contributed by atoms with Crippen molar-refractivity contribution < 1.29 is 24.2 Å². The molecular formula is C28H33N5O5. The molecule has 5 atom stereocenters. The third-order valence-electron chi connectivity index (χ3n) is 9.08. The zero-order valence-corrected chi connectivity index (χ0v) is 21.4. The van der Waals surface area contributed by atoms with Crippen molar-refractivity contribution in [1.82, 2.24) is 24.5 Å². The van der Waals surface area contributed by atoms with Crippen LogP contribution in [0.2, 0.25) is 0 Å². The van der Waals surface area contributed by atoms with Crippen molar-refractivity contribution in [2.45, 2.75) is 50.3 Å². The lowest BCUT2D eigenvalue weighted by Crippen LogP contribution is -2.51. The lowest BCUT2D eigenvalue weighted by atomic mass is 10.1. The largest absolute Gasteiger partial charge is 0.490 e. The second-order valence-electron chi connectivity index (χ2n) is 11.3. The summed E-state index contributed by atoms with van der Waals surface area (Å²) in [7, 11) is 0. The maximum atomic E-state index is 13.5. The van der Waals surface area contributed by atoms with E-state index in [1.807, 2.05) is 35.2 Å². The topological polar surface area (TPSA) is 108 Å². The average molecular weight is 520 g/mol. The molecule has 1 N–H and O–H groups in total. The van der Waals surface area contributed by atoms with Gasteiger partial charge in [0.1, 0.15) is 25.0 Å². The molecule has 38 heavy (non-hydrogen) atoms. The number of aromatic nitrogens is 2. The van der Waals surface area contributed by atoms with Gasteiger partial charge in [-0.3, -0.25) is 19.1 Å². The molecule has 10 heteroatoms. The van der Waals surface area contributed by atoms with E-state index in [1.165, 1.54) is 0 Å². The molecule has 3 amide bonds. The molecule has 7 rings (SSSR count). The van der Waals surface area contributed by atoms with Gasteiger partial charge in [-0.1, -0.05) is 18.2 Å². The predicted octanol–water partition coefficient (Wildman–Crippen LogP) is 0.888. The van der Waals surface area contributed by atoms with Crippen LogP contribution in [-0.2, 0) is 22.6 Å². The first-order chi connectivity index (χ1) is 18.5. The van der Waals surface area contributed by atoms with Crippen molar-refractivity contribution in [3.05, 3.63) is 47.3 Å². The number of nitrogens with zero attached hydrogens (tertiary/aromatic N) is 5. The third-order valence-corrected chi connectivity index (χ3v) is 9.08. The summed E-state index contributed by atoms with van der Waals surface area (Å²) in [5, 5.41) is 13.9. The summed E-state index contributed by atoms with van der Waals surface area (Å²) in [6, 6.07) is 10.1. The summed E-state index contributed by atoms with van der Waals surface area (Å²) in [6.45, 7) is 1.99. The van der Waals surface area contributed by atoms with Crippen molar-refractivity contribution in [3.63, 3.8) is 0 Å². The molecule has 0 bridgehead atoms. The van der Waals surface area contributed by atoms with Crippen LogP contribution < -0.4 is 4.74 Å². The van der Waals surface area contributed by atoms with Crippen LogP contribution in [0.4, 0.5) is 0 Å². The molecule has 3 heterocycles. The van der Waals surface area contributed by atoms with E-state index in [2.05, 4.69) is 0 Å². The highest BCUT2D eigenvalue weighted by Gasteiger charge is 2.53. The molecule has 0 spiro atoms. The van der Waals surface area contributed by atoms with E-state index in [-0.39, 0.29) is 36.4 Å². The number of amides is 3. The highest BCUT2D eigenvalue weighted by Crippen LogP contribution is 2.57. The summed E-state index contributed by atoms with van der Waals surface area (Å²) in [5.41, 5.74) is 2.58. The van der Waals surface area contributed by atoms with Crippen molar-refractivity contribution in [1.29, 1.82) is 0 Å². The van der Waals surface area contributed by atoms with Gasteiger partial charge >= 0.3 is 0 Å². The van der Waals surface area contributed by atoms with Gasteiger partial charge in [-0.2, -0.15) is 5.10 Å². The van der Waals surface area contributed by atoms with E-state index < -0.39 is 6.61 Å². The number of piperazine rings is 1. The third kappa shape index (κ3) is 4.05. The van der Waals surface area contributed by atoms with Gasteiger partial charge in [-0.25, -0.2) is 0 Å². The first-order valence-corrected chi connectivity index (χ1v) is 13.8. The standard InChI is InChI=1S/C28H33N5O5/c34-16-25(36)30-8-10-31(11-9-30)28(37)27-26-19-12-17(19)13-22(26)33(29-27)15-24(35)32-7-6-23(20-14-21(20)32)38-18-4-2-1-3-5-18/h1-5,17,19-21,23,34H,6-16H2/t17-,19-,20?,21?,23?/m1/s1. The van der Waals surface area contributed by atoms with Crippen LogP contribution in [-0.4, -0.2) is 98.8 Å². The number of rotatable bonds is 6. The highest BCUT2D eigenvalue weighted by molar-refractivity contribution is 5.95. The number of carbonyl (C=O) groups excluding carboxylic acids is 3.